The minimum absolute atomic E-state index is 0. The van der Waals surface area contributed by atoms with E-state index in [-0.39, 0.29) is 31.4 Å². The van der Waals surface area contributed by atoms with Gasteiger partial charge in [-0.25, -0.2) is 0 Å². The molecule has 0 amide bonds. The van der Waals surface area contributed by atoms with Crippen LogP contribution < -0.4 is 5.19 Å². The second kappa shape index (κ2) is 15.6. The van der Waals surface area contributed by atoms with Crippen molar-refractivity contribution in [1.29, 1.82) is 0 Å². The van der Waals surface area contributed by atoms with Crippen molar-refractivity contribution >= 4 is 35.2 Å². The molecule has 4 aromatic carbocycles. The zero-order valence-corrected chi connectivity index (χ0v) is 34.0. The summed E-state index contributed by atoms with van der Waals surface area (Å²) in [4.78, 5) is 9.01. The minimum Gasteiger partial charge on any atom is -0.501 e. The molecule has 5 heteroatoms. The molecule has 0 atom stereocenters. The molecule has 7 rings (SSSR count). The Morgan fingerprint density at radius 2 is 1.59 bits per heavy atom. The summed E-state index contributed by atoms with van der Waals surface area (Å²) in [6.45, 7) is 15.2. The molecular weight excluding hydrogens is 817 g/mol. The van der Waals surface area contributed by atoms with Crippen LogP contribution in [0.3, 0.4) is 0 Å². The van der Waals surface area contributed by atoms with Gasteiger partial charge >= 0.3 is 0 Å². The molecule has 0 saturated carbocycles. The molecule has 3 aromatic heterocycles. The second-order valence-corrected chi connectivity index (χ2v) is 20.2. The van der Waals surface area contributed by atoms with E-state index >= 15 is 0 Å². The first-order valence-electron chi connectivity index (χ1n) is 19.7. The van der Waals surface area contributed by atoms with Crippen LogP contribution in [-0.2, 0) is 31.9 Å². The Hall–Kier alpha value is -4.15. The van der Waals surface area contributed by atoms with Crippen LogP contribution in [0.2, 0.25) is 19.6 Å². The average molecular weight is 870 g/mol. The van der Waals surface area contributed by atoms with Crippen LogP contribution in [0.15, 0.2) is 114 Å². The van der Waals surface area contributed by atoms with Crippen molar-refractivity contribution in [3.63, 3.8) is 0 Å². The van der Waals surface area contributed by atoms with E-state index < -0.39 is 21.3 Å². The first-order chi connectivity index (χ1) is 25.7. The smallest absolute Gasteiger partial charge is 0.121 e. The van der Waals surface area contributed by atoms with Crippen molar-refractivity contribution in [2.75, 3.05) is 0 Å². The number of furan rings is 1. The van der Waals surface area contributed by atoms with E-state index in [9.17, 15) is 0 Å². The number of aryl methyl sites for hydroxylation is 1. The molecule has 0 aliphatic heterocycles. The number of hydrogen-bond donors (Lipinski definition) is 0. The third-order valence-corrected chi connectivity index (χ3v) is 10.7. The van der Waals surface area contributed by atoms with E-state index in [0.717, 1.165) is 49.9 Å². The molecule has 0 unspecified atom stereocenters. The van der Waals surface area contributed by atoms with E-state index in [1.165, 1.54) is 16.8 Å². The van der Waals surface area contributed by atoms with Gasteiger partial charge in [-0.05, 0) is 63.1 Å². The van der Waals surface area contributed by atoms with Crippen LogP contribution in [-0.4, -0.2) is 18.0 Å². The summed E-state index contributed by atoms with van der Waals surface area (Å²) in [6, 6.07) is 37.8. The second-order valence-electron chi connectivity index (χ2n) is 15.1. The summed E-state index contributed by atoms with van der Waals surface area (Å²) in [5.74, 6) is -0.153. The summed E-state index contributed by atoms with van der Waals surface area (Å²) in [6.07, 6.45) is 2.14. The van der Waals surface area contributed by atoms with E-state index in [0.29, 0.717) is 16.8 Å². The van der Waals surface area contributed by atoms with Crippen molar-refractivity contribution in [2.24, 2.45) is 5.92 Å². The number of nitrogens with zero attached hydrogens (tertiary/aromatic N) is 2. The molecule has 263 valence electrons. The molecule has 0 aliphatic carbocycles. The number of rotatable bonds is 6. The summed E-state index contributed by atoms with van der Waals surface area (Å²) in [7, 11) is -1.34. The Kier molecular flexibility index (Phi) is 9.67. The van der Waals surface area contributed by atoms with Gasteiger partial charge in [0.05, 0.1) is 13.7 Å². The summed E-state index contributed by atoms with van der Waals surface area (Å²) < 4.78 is 45.4. The van der Waals surface area contributed by atoms with Gasteiger partial charge < -0.3 is 14.4 Å². The molecule has 0 spiro atoms. The molecule has 0 fully saturated rings. The summed E-state index contributed by atoms with van der Waals surface area (Å²) >= 11 is 0. The fraction of sp³-hybridized carbons (Fsp3) is 0.261. The molecule has 3 heterocycles. The van der Waals surface area contributed by atoms with Gasteiger partial charge in [0.25, 0.3) is 0 Å². The number of pyridine rings is 2. The number of fused-ring (bicyclic) bond motifs is 3. The molecule has 1 radical (unpaired) electrons. The van der Waals surface area contributed by atoms with Gasteiger partial charge in [0, 0.05) is 44.7 Å². The van der Waals surface area contributed by atoms with Crippen molar-refractivity contribution in [1.82, 2.24) is 9.97 Å². The van der Waals surface area contributed by atoms with Crippen molar-refractivity contribution in [2.45, 2.75) is 72.9 Å². The van der Waals surface area contributed by atoms with Gasteiger partial charge in [-0.3, -0.25) is 0 Å². The number of hydrogen-bond acceptors (Lipinski definition) is 3. The Morgan fingerprint density at radius 1 is 0.824 bits per heavy atom. The van der Waals surface area contributed by atoms with Gasteiger partial charge in [0.1, 0.15) is 5.58 Å². The fourth-order valence-electron chi connectivity index (χ4n) is 5.85. The quantitative estimate of drug-likeness (QED) is 0.123. The largest absolute Gasteiger partial charge is 0.501 e. The first kappa shape index (κ1) is 31.6. The van der Waals surface area contributed by atoms with E-state index in [2.05, 4.69) is 111 Å². The monoisotopic (exact) mass is 870 g/mol. The SMILES string of the molecule is [2H]C([2H])([2H])c1c[c-]c(-c2ccc([Si](C)(C)C)cn2)cc1.[2H]C([2H])(c1ccnc(-c2[c-]ccc3c2oc2cc(-c4ccc(C(C)(C)C)cc4)ccc23)c1)C(C)C.[Ir]. The Labute approximate surface area is 326 Å². The molecule has 51 heavy (non-hydrogen) atoms. The summed E-state index contributed by atoms with van der Waals surface area (Å²) in [5, 5.41) is 3.35. The zero-order chi connectivity index (χ0) is 39.9. The Balaban J connectivity index is 0.000000244. The molecule has 0 bridgehead atoms. The maximum atomic E-state index is 8.49. The van der Waals surface area contributed by atoms with Crippen LogP contribution in [0.1, 0.15) is 58.2 Å². The molecule has 0 aliphatic rings. The third kappa shape index (κ3) is 9.02. The predicted octanol–water partition coefficient (Wildman–Crippen LogP) is 12.0. The van der Waals surface area contributed by atoms with Gasteiger partial charge in [-0.2, -0.15) is 0 Å². The Morgan fingerprint density at radius 3 is 2.22 bits per heavy atom. The molecular formula is C46H48IrN2OSi-2. The van der Waals surface area contributed by atoms with Gasteiger partial charge in [-0.15, -0.1) is 53.6 Å². The van der Waals surface area contributed by atoms with Gasteiger partial charge in [0.15, 0.2) is 0 Å². The third-order valence-electron chi connectivity index (χ3n) is 8.71. The van der Waals surface area contributed by atoms with E-state index in [4.69, 9.17) is 11.3 Å². The van der Waals surface area contributed by atoms with Crippen molar-refractivity contribution in [3.8, 4) is 33.6 Å². The molecule has 0 saturated heterocycles. The topological polar surface area (TPSA) is 38.9 Å². The Bertz CT molecular complexity index is 2370. The number of benzene rings is 4. The van der Waals surface area contributed by atoms with Crippen LogP contribution in [0.5, 0.6) is 0 Å². The predicted molar refractivity (Wildman–Crippen MR) is 215 cm³/mol. The molecule has 7 aromatic rings. The fourth-order valence-corrected chi connectivity index (χ4v) is 6.88. The average Bonchev–Trinajstić information content (AvgIpc) is 3.52. The standard InChI is InChI=1S/C31H30NO.C15H18NSi.Ir/c1-20(2)17-21-15-16-32-28(18-21)27-8-6-7-26-25-14-11-23(19-29(25)33-30(26)27)22-9-12-24(13-10-22)31(3,4)5;1-12-5-7-13(8-6-12)15-10-9-14(11-16-15)17(2,3)4;/h6-7,9-16,18-20H,17H2,1-5H3;5-7,9-11H,1-4H3;/q2*-1;/i17D2;1D3;. The normalized spacial score (nSPS) is 13.7. The zero-order valence-electron chi connectivity index (χ0n) is 35.6. The summed E-state index contributed by atoms with van der Waals surface area (Å²) in [5.41, 5.74) is 9.18. The maximum absolute atomic E-state index is 8.49. The maximum Gasteiger partial charge on any atom is 0.121 e. The first-order valence-corrected chi connectivity index (χ1v) is 20.7. The van der Waals surface area contributed by atoms with E-state index in [1.54, 1.807) is 24.4 Å². The van der Waals surface area contributed by atoms with Crippen molar-refractivity contribution in [3.05, 3.63) is 138 Å². The molecule has 0 N–H and O–H groups in total. The van der Waals surface area contributed by atoms with Gasteiger partial charge in [-0.1, -0.05) is 132 Å². The molecule has 3 nitrogen and oxygen atoms in total. The van der Waals surface area contributed by atoms with Crippen LogP contribution in [0, 0.1) is 24.9 Å². The van der Waals surface area contributed by atoms with E-state index in [1.807, 2.05) is 44.3 Å². The minimum atomic E-state index is -2.08. The van der Waals surface area contributed by atoms with Crippen LogP contribution in [0.4, 0.5) is 0 Å². The van der Waals surface area contributed by atoms with Crippen LogP contribution in [0.25, 0.3) is 55.6 Å². The van der Waals surface area contributed by atoms with Crippen molar-refractivity contribution < 1.29 is 31.4 Å². The van der Waals surface area contributed by atoms with Crippen LogP contribution >= 0.6 is 0 Å². The van der Waals surface area contributed by atoms with Gasteiger partial charge in [0.2, 0.25) is 0 Å². The number of aromatic nitrogens is 2.